The summed E-state index contributed by atoms with van der Waals surface area (Å²) < 4.78 is 0. The molecular weight excluding hydrogens is 228 g/mol. The van der Waals surface area contributed by atoms with Gasteiger partial charge in [0.2, 0.25) is 5.91 Å². The first-order valence-corrected chi connectivity index (χ1v) is 5.51. The molecule has 0 aliphatic carbocycles. The molecule has 1 saturated heterocycles. The van der Waals surface area contributed by atoms with Gasteiger partial charge < -0.3 is 10.2 Å². The van der Waals surface area contributed by atoms with Gasteiger partial charge >= 0.3 is 5.97 Å². The lowest BCUT2D eigenvalue weighted by Crippen LogP contribution is -2.51. The van der Waals surface area contributed by atoms with Crippen molar-refractivity contribution in [1.29, 1.82) is 0 Å². The summed E-state index contributed by atoms with van der Waals surface area (Å²) in [7, 11) is 0. The van der Waals surface area contributed by atoms with Crippen LogP contribution < -0.4 is 5.43 Å². The highest BCUT2D eigenvalue weighted by Gasteiger charge is 2.39. The Bertz CT molecular complexity index is 331. The van der Waals surface area contributed by atoms with Crippen LogP contribution in [0.4, 0.5) is 0 Å². The maximum atomic E-state index is 11.3. The van der Waals surface area contributed by atoms with Gasteiger partial charge in [0.1, 0.15) is 12.1 Å². The molecule has 7 nitrogen and oxygen atoms in total. The number of nitrogens with one attached hydrogen (secondary N) is 1. The fourth-order valence-electron chi connectivity index (χ4n) is 1.56. The predicted octanol–water partition coefficient (Wildman–Crippen LogP) is -0.746. The third kappa shape index (κ3) is 3.24. The summed E-state index contributed by atoms with van der Waals surface area (Å²) in [5.74, 6) is -2.52. The molecule has 2 unspecified atom stereocenters. The first-order chi connectivity index (χ1) is 7.97. The van der Waals surface area contributed by atoms with Crippen molar-refractivity contribution < 1.29 is 24.6 Å². The largest absolute Gasteiger partial charge is 0.480 e. The molecule has 0 aromatic carbocycles. The Kier molecular flexibility index (Phi) is 4.59. The van der Waals surface area contributed by atoms with Crippen molar-refractivity contribution in [2.45, 2.75) is 44.8 Å². The summed E-state index contributed by atoms with van der Waals surface area (Å²) >= 11 is 0. The quantitative estimate of drug-likeness (QED) is 0.531. The summed E-state index contributed by atoms with van der Waals surface area (Å²) in [5, 5.41) is 18.7. The number of rotatable bonds is 6. The minimum Gasteiger partial charge on any atom is -0.480 e. The van der Waals surface area contributed by atoms with E-state index in [1.54, 1.807) is 0 Å². The van der Waals surface area contributed by atoms with E-state index in [0.717, 1.165) is 6.42 Å². The molecule has 1 fully saturated rings. The van der Waals surface area contributed by atoms with Crippen LogP contribution in [0, 0.1) is 0 Å². The van der Waals surface area contributed by atoms with Crippen molar-refractivity contribution in [3.63, 3.8) is 0 Å². The zero-order chi connectivity index (χ0) is 13.0. The van der Waals surface area contributed by atoms with E-state index in [9.17, 15) is 14.4 Å². The molecule has 0 bridgehead atoms. The fourth-order valence-corrected chi connectivity index (χ4v) is 1.56. The van der Waals surface area contributed by atoms with E-state index in [2.05, 4.69) is 5.43 Å². The van der Waals surface area contributed by atoms with Gasteiger partial charge in [-0.05, 0) is 6.42 Å². The van der Waals surface area contributed by atoms with Crippen LogP contribution in [0.5, 0.6) is 0 Å². The fraction of sp³-hybridized carbons (Fsp3) is 0.700. The maximum Gasteiger partial charge on any atom is 0.322 e. The molecule has 1 heterocycles. The van der Waals surface area contributed by atoms with E-state index >= 15 is 0 Å². The number of carboxylic acid groups (broad SMARTS) is 1. The highest BCUT2D eigenvalue weighted by Crippen LogP contribution is 2.12. The van der Waals surface area contributed by atoms with Gasteiger partial charge in [-0.25, -0.2) is 10.4 Å². The van der Waals surface area contributed by atoms with Crippen molar-refractivity contribution >= 4 is 17.8 Å². The normalized spacial score (nSPS) is 22.0. The third-order valence-corrected chi connectivity index (χ3v) is 2.55. The number of hydrogen-bond donors (Lipinski definition) is 3. The first kappa shape index (κ1) is 13.6. The smallest absolute Gasteiger partial charge is 0.322 e. The topological polar surface area (TPSA) is 107 Å². The van der Waals surface area contributed by atoms with Crippen molar-refractivity contribution in [2.75, 3.05) is 0 Å². The Labute approximate surface area is 98.4 Å². The molecule has 0 aromatic heterocycles. The number of hydrazine groups is 1. The van der Waals surface area contributed by atoms with Crippen LogP contribution in [0.1, 0.15) is 32.6 Å². The molecule has 1 aliphatic heterocycles. The SMILES string of the molecule is CCCCC(NN1C(=O)CC(O)C1=O)C(=O)O. The molecule has 0 radical (unpaired) electrons. The minimum atomic E-state index is -1.37. The molecule has 17 heavy (non-hydrogen) atoms. The summed E-state index contributed by atoms with van der Waals surface area (Å²) in [6, 6.07) is -0.992. The van der Waals surface area contributed by atoms with E-state index in [0.29, 0.717) is 17.9 Å². The summed E-state index contributed by atoms with van der Waals surface area (Å²) in [4.78, 5) is 33.6. The lowest BCUT2D eigenvalue weighted by molar-refractivity contribution is -0.149. The standard InChI is InChI=1S/C10H16N2O5/c1-2-3-4-6(10(16)17)11-12-8(14)5-7(13)9(12)15/h6-7,11,13H,2-5H2,1H3,(H,16,17). The monoisotopic (exact) mass is 244 g/mol. The Morgan fingerprint density at radius 1 is 1.59 bits per heavy atom. The van der Waals surface area contributed by atoms with E-state index < -0.39 is 29.9 Å². The van der Waals surface area contributed by atoms with E-state index in [4.69, 9.17) is 10.2 Å². The number of aliphatic hydroxyl groups is 1. The molecular formula is C10H16N2O5. The van der Waals surface area contributed by atoms with Gasteiger partial charge in [0.25, 0.3) is 5.91 Å². The molecule has 1 rings (SSSR count). The average molecular weight is 244 g/mol. The second-order valence-electron chi connectivity index (χ2n) is 3.95. The first-order valence-electron chi connectivity index (χ1n) is 5.51. The summed E-state index contributed by atoms with van der Waals surface area (Å²) in [5.41, 5.74) is 2.35. The van der Waals surface area contributed by atoms with Crippen LogP contribution in [0.25, 0.3) is 0 Å². The van der Waals surface area contributed by atoms with Crippen molar-refractivity contribution in [2.24, 2.45) is 0 Å². The van der Waals surface area contributed by atoms with Gasteiger partial charge in [-0.2, -0.15) is 0 Å². The summed E-state index contributed by atoms with van der Waals surface area (Å²) in [6.45, 7) is 1.91. The second kappa shape index (κ2) is 5.74. The zero-order valence-corrected chi connectivity index (χ0v) is 9.55. The van der Waals surface area contributed by atoms with Crippen molar-refractivity contribution in [3.8, 4) is 0 Å². The molecule has 7 heteroatoms. The maximum absolute atomic E-state index is 11.3. The number of hydrogen-bond acceptors (Lipinski definition) is 5. The molecule has 96 valence electrons. The van der Waals surface area contributed by atoms with Gasteiger partial charge in [0.15, 0.2) is 0 Å². The van der Waals surface area contributed by atoms with E-state index in [1.165, 1.54) is 0 Å². The number of imide groups is 1. The minimum absolute atomic E-state index is 0.300. The highest BCUT2D eigenvalue weighted by molar-refractivity contribution is 6.04. The number of aliphatic carboxylic acids is 1. The van der Waals surface area contributed by atoms with Gasteiger partial charge in [-0.15, -0.1) is 0 Å². The molecule has 0 aromatic rings. The molecule has 1 aliphatic rings. The zero-order valence-electron chi connectivity index (χ0n) is 9.55. The number of carboxylic acids is 1. The van der Waals surface area contributed by atoms with Crippen LogP contribution in [-0.2, 0) is 14.4 Å². The average Bonchev–Trinajstić information content (AvgIpc) is 2.49. The predicted molar refractivity (Wildman–Crippen MR) is 56.6 cm³/mol. The number of aliphatic hydroxyl groups excluding tert-OH is 1. The van der Waals surface area contributed by atoms with Crippen molar-refractivity contribution in [3.05, 3.63) is 0 Å². The Hall–Kier alpha value is -1.47. The van der Waals surface area contributed by atoms with Gasteiger partial charge in [0.05, 0.1) is 6.42 Å². The number of carbonyl (C=O) groups is 3. The van der Waals surface area contributed by atoms with E-state index in [1.807, 2.05) is 6.92 Å². The lowest BCUT2D eigenvalue weighted by atomic mass is 10.1. The highest BCUT2D eigenvalue weighted by atomic mass is 16.4. The molecule has 2 atom stereocenters. The summed E-state index contributed by atoms with van der Waals surface area (Å²) in [6.07, 6.45) is 0.138. The van der Waals surface area contributed by atoms with Crippen LogP contribution in [0.15, 0.2) is 0 Å². The molecule has 2 amide bonds. The molecule has 0 saturated carbocycles. The third-order valence-electron chi connectivity index (χ3n) is 2.55. The second-order valence-corrected chi connectivity index (χ2v) is 3.95. The number of nitrogens with zero attached hydrogens (tertiary/aromatic N) is 1. The van der Waals surface area contributed by atoms with Crippen LogP contribution in [0.2, 0.25) is 0 Å². The van der Waals surface area contributed by atoms with Crippen LogP contribution in [-0.4, -0.2) is 45.2 Å². The Morgan fingerprint density at radius 2 is 2.24 bits per heavy atom. The number of unbranched alkanes of at least 4 members (excludes halogenated alkanes) is 1. The van der Waals surface area contributed by atoms with Crippen molar-refractivity contribution in [1.82, 2.24) is 10.4 Å². The van der Waals surface area contributed by atoms with E-state index in [-0.39, 0.29) is 6.42 Å². The number of amides is 2. The lowest BCUT2D eigenvalue weighted by Gasteiger charge is -2.21. The van der Waals surface area contributed by atoms with Crippen LogP contribution in [0.3, 0.4) is 0 Å². The molecule has 3 N–H and O–H groups in total. The molecule has 0 spiro atoms. The van der Waals surface area contributed by atoms with Gasteiger partial charge in [-0.3, -0.25) is 14.4 Å². The Morgan fingerprint density at radius 3 is 2.65 bits per heavy atom. The number of carbonyl (C=O) groups excluding carboxylic acids is 2. The van der Waals surface area contributed by atoms with Gasteiger partial charge in [0, 0.05) is 0 Å². The Balaban J connectivity index is 2.63. The van der Waals surface area contributed by atoms with Gasteiger partial charge in [-0.1, -0.05) is 19.8 Å². The van der Waals surface area contributed by atoms with Crippen LogP contribution >= 0.6 is 0 Å².